The molecule has 0 aromatic rings. The van der Waals surface area contributed by atoms with Gasteiger partial charge in [-0.25, -0.2) is 0 Å². The molecule has 0 unspecified atom stereocenters. The summed E-state index contributed by atoms with van der Waals surface area (Å²) in [7, 11) is 0. The van der Waals surface area contributed by atoms with E-state index in [1.54, 1.807) is 0 Å². The van der Waals surface area contributed by atoms with Crippen molar-refractivity contribution in [2.24, 2.45) is 10.8 Å². The minimum atomic E-state index is 0.589. The minimum Gasteiger partial charge on any atom is -0.0880 e. The van der Waals surface area contributed by atoms with Crippen LogP contribution in [-0.4, -0.2) is 0 Å². The van der Waals surface area contributed by atoms with Crippen molar-refractivity contribution in [3.05, 3.63) is 24.3 Å². The molecule has 0 atom stereocenters. The van der Waals surface area contributed by atoms with Gasteiger partial charge in [0.15, 0.2) is 0 Å². The molecule has 0 spiro atoms. The predicted octanol–water partition coefficient (Wildman–Crippen LogP) is 4.48. The summed E-state index contributed by atoms with van der Waals surface area (Å²) >= 11 is 0. The van der Waals surface area contributed by atoms with Crippen LogP contribution in [0.25, 0.3) is 0 Å². The molecule has 0 heteroatoms. The van der Waals surface area contributed by atoms with Crippen LogP contribution in [-0.2, 0) is 0 Å². The summed E-state index contributed by atoms with van der Waals surface area (Å²) in [6.07, 6.45) is 17.4. The number of hydrogen-bond acceptors (Lipinski definition) is 0. The zero-order chi connectivity index (χ0) is 10.1. The number of allylic oxidation sites excluding steroid dienone is 4. The second-order valence-electron chi connectivity index (χ2n) is 5.88. The molecular formula is C14H22. The number of hydrogen-bond donors (Lipinski definition) is 0. The fourth-order valence-electron chi connectivity index (χ4n) is 2.65. The maximum atomic E-state index is 2.44. The van der Waals surface area contributed by atoms with Crippen molar-refractivity contribution in [2.45, 2.75) is 52.4 Å². The highest BCUT2D eigenvalue weighted by Crippen LogP contribution is 2.44. The van der Waals surface area contributed by atoms with Gasteiger partial charge in [0, 0.05) is 0 Å². The molecule has 0 saturated carbocycles. The monoisotopic (exact) mass is 190 g/mol. The molecule has 0 aromatic heterocycles. The van der Waals surface area contributed by atoms with Gasteiger partial charge in [-0.1, -0.05) is 38.2 Å². The Morgan fingerprint density at radius 2 is 1.00 bits per heavy atom. The number of rotatable bonds is 3. The highest BCUT2D eigenvalue weighted by molar-refractivity contribution is 5.04. The van der Waals surface area contributed by atoms with E-state index in [1.807, 2.05) is 0 Å². The Kier molecular flexibility index (Phi) is 2.55. The quantitative estimate of drug-likeness (QED) is 0.576. The predicted molar refractivity (Wildman–Crippen MR) is 62.2 cm³/mol. The molecule has 0 N–H and O–H groups in total. The van der Waals surface area contributed by atoms with Crippen molar-refractivity contribution in [1.82, 2.24) is 0 Å². The Morgan fingerprint density at radius 3 is 1.29 bits per heavy atom. The van der Waals surface area contributed by atoms with Gasteiger partial charge in [0.1, 0.15) is 0 Å². The molecule has 0 heterocycles. The highest BCUT2D eigenvalue weighted by Gasteiger charge is 2.31. The van der Waals surface area contributed by atoms with Gasteiger partial charge >= 0.3 is 0 Å². The summed E-state index contributed by atoms with van der Waals surface area (Å²) < 4.78 is 0. The Hall–Kier alpha value is -0.520. The molecule has 0 nitrogen and oxygen atoms in total. The van der Waals surface area contributed by atoms with E-state index in [1.165, 1.54) is 38.5 Å². The Balaban J connectivity index is 1.82. The van der Waals surface area contributed by atoms with Gasteiger partial charge in [0.2, 0.25) is 0 Å². The average molecular weight is 190 g/mol. The molecule has 0 amide bonds. The first-order chi connectivity index (χ1) is 6.62. The summed E-state index contributed by atoms with van der Waals surface area (Å²) in [5.74, 6) is 0. The van der Waals surface area contributed by atoms with Crippen LogP contribution >= 0.6 is 0 Å². The molecular weight excluding hydrogens is 168 g/mol. The maximum absolute atomic E-state index is 2.44. The van der Waals surface area contributed by atoms with Gasteiger partial charge in [-0.3, -0.25) is 0 Å². The van der Waals surface area contributed by atoms with Crippen molar-refractivity contribution >= 4 is 0 Å². The molecule has 14 heavy (non-hydrogen) atoms. The molecule has 0 fully saturated rings. The standard InChI is InChI=1S/C14H22/c1-13(7-3-4-8-13)11-12-14(2)9-5-6-10-14/h3-6H,7-12H2,1-2H3. The van der Waals surface area contributed by atoms with Crippen molar-refractivity contribution in [1.29, 1.82) is 0 Å². The van der Waals surface area contributed by atoms with E-state index >= 15 is 0 Å². The molecule has 2 rings (SSSR count). The van der Waals surface area contributed by atoms with Crippen LogP contribution in [0.5, 0.6) is 0 Å². The molecule has 0 radical (unpaired) electrons. The second-order valence-corrected chi connectivity index (χ2v) is 5.88. The Morgan fingerprint density at radius 1 is 0.714 bits per heavy atom. The molecule has 2 aliphatic carbocycles. The molecule has 2 aliphatic rings. The van der Waals surface area contributed by atoms with Crippen LogP contribution in [0.15, 0.2) is 24.3 Å². The summed E-state index contributed by atoms with van der Waals surface area (Å²) in [6.45, 7) is 4.89. The first-order valence-electron chi connectivity index (χ1n) is 5.92. The largest absolute Gasteiger partial charge is 0.0880 e. The molecule has 0 bridgehead atoms. The van der Waals surface area contributed by atoms with Crippen LogP contribution in [0.3, 0.4) is 0 Å². The Bertz CT molecular complexity index is 213. The highest BCUT2D eigenvalue weighted by atomic mass is 14.4. The van der Waals surface area contributed by atoms with E-state index in [4.69, 9.17) is 0 Å². The summed E-state index contributed by atoms with van der Waals surface area (Å²) in [5, 5.41) is 0. The molecule has 0 aliphatic heterocycles. The van der Waals surface area contributed by atoms with Crippen LogP contribution in [0.2, 0.25) is 0 Å². The topological polar surface area (TPSA) is 0 Å². The third-order valence-electron chi connectivity index (χ3n) is 4.11. The van der Waals surface area contributed by atoms with Crippen molar-refractivity contribution in [3.63, 3.8) is 0 Å². The lowest BCUT2D eigenvalue weighted by molar-refractivity contribution is 0.226. The molecule has 0 aromatic carbocycles. The van der Waals surface area contributed by atoms with Gasteiger partial charge < -0.3 is 0 Å². The van der Waals surface area contributed by atoms with Crippen molar-refractivity contribution in [3.8, 4) is 0 Å². The maximum Gasteiger partial charge on any atom is -0.0257 e. The van der Waals surface area contributed by atoms with Crippen LogP contribution in [0.4, 0.5) is 0 Å². The van der Waals surface area contributed by atoms with Crippen molar-refractivity contribution < 1.29 is 0 Å². The van der Waals surface area contributed by atoms with Gasteiger partial charge in [0.05, 0.1) is 0 Å². The zero-order valence-corrected chi connectivity index (χ0v) is 9.55. The lowest BCUT2D eigenvalue weighted by Crippen LogP contribution is -2.18. The second kappa shape index (κ2) is 3.56. The Labute approximate surface area is 88.1 Å². The summed E-state index contributed by atoms with van der Waals surface area (Å²) in [5.41, 5.74) is 1.18. The molecule has 0 saturated heterocycles. The van der Waals surface area contributed by atoms with E-state index in [0.29, 0.717) is 10.8 Å². The minimum absolute atomic E-state index is 0.589. The SMILES string of the molecule is CC1(CCC2(C)CC=CC2)CC=CC1. The van der Waals surface area contributed by atoms with Gasteiger partial charge in [0.25, 0.3) is 0 Å². The van der Waals surface area contributed by atoms with E-state index < -0.39 is 0 Å². The smallest absolute Gasteiger partial charge is 0.0257 e. The van der Waals surface area contributed by atoms with Gasteiger partial charge in [-0.05, 0) is 49.4 Å². The van der Waals surface area contributed by atoms with Crippen LogP contribution in [0, 0.1) is 10.8 Å². The zero-order valence-electron chi connectivity index (χ0n) is 9.55. The van der Waals surface area contributed by atoms with E-state index in [0.717, 1.165) is 0 Å². The molecule has 78 valence electrons. The van der Waals surface area contributed by atoms with Gasteiger partial charge in [-0.2, -0.15) is 0 Å². The first kappa shape index (κ1) is 10.0. The van der Waals surface area contributed by atoms with E-state index in [9.17, 15) is 0 Å². The van der Waals surface area contributed by atoms with Crippen molar-refractivity contribution in [2.75, 3.05) is 0 Å². The fraction of sp³-hybridized carbons (Fsp3) is 0.714. The normalized spacial score (nSPS) is 27.3. The lowest BCUT2D eigenvalue weighted by atomic mass is 9.75. The van der Waals surface area contributed by atoms with Crippen LogP contribution in [0.1, 0.15) is 52.4 Å². The lowest BCUT2D eigenvalue weighted by Gasteiger charge is -2.30. The first-order valence-corrected chi connectivity index (χ1v) is 5.92. The third-order valence-corrected chi connectivity index (χ3v) is 4.11. The third kappa shape index (κ3) is 2.10. The fourth-order valence-corrected chi connectivity index (χ4v) is 2.65. The summed E-state index contributed by atoms with van der Waals surface area (Å²) in [6, 6.07) is 0. The average Bonchev–Trinajstić information content (AvgIpc) is 2.74. The van der Waals surface area contributed by atoms with E-state index in [-0.39, 0.29) is 0 Å². The van der Waals surface area contributed by atoms with Gasteiger partial charge in [-0.15, -0.1) is 0 Å². The van der Waals surface area contributed by atoms with E-state index in [2.05, 4.69) is 38.2 Å². The summed E-state index contributed by atoms with van der Waals surface area (Å²) in [4.78, 5) is 0. The van der Waals surface area contributed by atoms with Crippen LogP contribution < -0.4 is 0 Å².